The monoisotopic (exact) mass is 1170 g/mol. The van der Waals surface area contributed by atoms with Crippen molar-refractivity contribution in [3.8, 4) is 55.6 Å². The summed E-state index contributed by atoms with van der Waals surface area (Å²) in [6.45, 7) is 8.47. The fourth-order valence-electron chi connectivity index (χ4n) is 10.2. The van der Waals surface area contributed by atoms with Gasteiger partial charge in [-0.05, 0) is 75.7 Å². The van der Waals surface area contributed by atoms with Crippen molar-refractivity contribution in [2.24, 2.45) is 0 Å². The van der Waals surface area contributed by atoms with E-state index in [-0.39, 0.29) is 54.4 Å². The van der Waals surface area contributed by atoms with Gasteiger partial charge in [-0.3, -0.25) is 0 Å². The average Bonchev–Trinajstić information content (AvgIpc) is 1.51. The smallest absolute Gasteiger partial charge is 0.135 e. The predicted octanol–water partition coefficient (Wildman–Crippen LogP) is 19.0. The third-order valence-corrected chi connectivity index (χ3v) is 13.8. The molecule has 0 amide bonds. The minimum atomic E-state index is -0.570. The third-order valence-electron chi connectivity index (χ3n) is 13.8. The van der Waals surface area contributed by atoms with Gasteiger partial charge in [0.15, 0.2) is 0 Å². The number of hydrogen-bond acceptors (Lipinski definition) is 5. The van der Waals surface area contributed by atoms with Crippen molar-refractivity contribution in [1.29, 1.82) is 0 Å². The summed E-state index contributed by atoms with van der Waals surface area (Å²) in [5, 5.41) is 0. The number of pyridine rings is 1. The van der Waals surface area contributed by atoms with E-state index in [2.05, 4.69) is 103 Å². The van der Waals surface area contributed by atoms with Crippen molar-refractivity contribution in [2.45, 2.75) is 26.2 Å². The van der Waals surface area contributed by atoms with Crippen LogP contribution in [0.1, 0.15) is 40.0 Å². The molecule has 2 aliphatic heterocycles. The fourth-order valence-corrected chi connectivity index (χ4v) is 10.2. The Morgan fingerprint density at radius 2 is 1.07 bits per heavy atom. The van der Waals surface area contributed by atoms with Crippen molar-refractivity contribution >= 4 is 57.0 Å². The molecule has 0 saturated carbocycles. The van der Waals surface area contributed by atoms with E-state index < -0.39 is 60.4 Å². The minimum absolute atomic E-state index is 0. The van der Waals surface area contributed by atoms with E-state index in [1.807, 2.05) is 127 Å². The Kier molecular flexibility index (Phi) is 10.1. The summed E-state index contributed by atoms with van der Waals surface area (Å²) in [5.41, 5.74) is 13.0. The molecule has 2 aliphatic rings. The number of rotatable bonds is 9. The zero-order valence-electron chi connectivity index (χ0n) is 51.6. The Labute approximate surface area is 475 Å². The van der Waals surface area contributed by atoms with Gasteiger partial charge in [-0.25, -0.2) is 4.98 Å². The molecule has 1 aromatic heterocycles. The largest absolute Gasteiger partial charge is 0.493 e. The maximum atomic E-state index is 9.25. The average molecular weight is 1170 g/mol. The first-order valence-corrected chi connectivity index (χ1v) is 24.8. The summed E-state index contributed by atoms with van der Waals surface area (Å²) in [7, 11) is 0. The normalized spacial score (nSPS) is 14.3. The molecule has 13 rings (SSSR count). The fraction of sp³-hybridized carbons (Fsp3) is 0.0571. The molecule has 0 spiro atoms. The van der Waals surface area contributed by atoms with E-state index in [1.165, 1.54) is 0 Å². The molecule has 0 unspecified atom stereocenters. The summed E-state index contributed by atoms with van der Waals surface area (Å²) in [5.74, 6) is 0.721. The van der Waals surface area contributed by atoms with E-state index in [0.717, 1.165) is 61.8 Å². The Balaban J connectivity index is 0.00000724. The number of benzene rings is 10. The van der Waals surface area contributed by atoms with Crippen molar-refractivity contribution in [2.75, 3.05) is 19.6 Å². The minimum Gasteiger partial charge on any atom is -0.493 e. The second-order valence-corrected chi connectivity index (χ2v) is 19.4. The molecule has 6 heteroatoms. The SMILES string of the molecule is [2H]c1c([2H])c([2H])c(-c2cccc(-c3c([2H])c([2H])c([2H])c([2H])c3[2H])c2N2[CH-]N(c3[c-]c(N(c4[c-]c5c(cc4)-c4ccccc4-c4ccc(C(C)(C)C)cc4N5c4ccccn4)c4ccccc4)cc(-c4ccccc4)c3)c3ccccc32)c([2H])c1[2H].[Pt]. The van der Waals surface area contributed by atoms with Gasteiger partial charge in [0.2, 0.25) is 0 Å². The van der Waals surface area contributed by atoms with E-state index in [0.29, 0.717) is 28.4 Å². The summed E-state index contributed by atoms with van der Waals surface area (Å²) >= 11 is 0. The van der Waals surface area contributed by atoms with Crippen LogP contribution in [0.2, 0.25) is 0 Å². The molecule has 0 fully saturated rings. The van der Waals surface area contributed by atoms with E-state index in [4.69, 9.17) is 13.2 Å². The van der Waals surface area contributed by atoms with Gasteiger partial charge in [-0.1, -0.05) is 225 Å². The Bertz CT molecular complexity index is 4340. The molecular weight excluding hydrogens is 1110 g/mol. The van der Waals surface area contributed by atoms with Gasteiger partial charge in [0, 0.05) is 66.7 Å². The van der Waals surface area contributed by atoms with Gasteiger partial charge in [0.05, 0.1) is 19.4 Å². The first-order chi connectivity index (χ1) is 41.0. The van der Waals surface area contributed by atoms with Gasteiger partial charge in [-0.2, -0.15) is 6.07 Å². The molecule has 0 atom stereocenters. The van der Waals surface area contributed by atoms with Crippen LogP contribution in [0, 0.1) is 18.8 Å². The molecule has 0 radical (unpaired) electrons. The standard InChI is InChI=1S/C70H52N5.Pt/c1-70(2,3)53-38-40-62-60-31-16-17-32-61(60)63-41-39-55(47-67(63)75(66(62)45-53)68-37-20-21-42-71-68)74(54-29-14-7-15-30-54)57-44-52(49-23-8-4-9-24-49)43-56(46-57)72-48-73(65-36-19-18-35-64(65)72)69-58(50-25-10-5-11-26-50)33-22-34-59(69)51-27-12-6-13-28-51;/h4-45,48H,1-3H3;/q-3;/i5D,6D,10D,11D,12D,13D,25D,26D,27D,28D;. The van der Waals surface area contributed by atoms with Gasteiger partial charge >= 0.3 is 0 Å². The van der Waals surface area contributed by atoms with Crippen LogP contribution >= 0.6 is 0 Å². The first kappa shape index (κ1) is 37.9. The number of aromatic nitrogens is 1. The Morgan fingerprint density at radius 3 is 1.72 bits per heavy atom. The molecule has 370 valence electrons. The first-order valence-electron chi connectivity index (χ1n) is 29.8. The number of para-hydroxylation sites is 4. The van der Waals surface area contributed by atoms with Crippen LogP contribution in [-0.4, -0.2) is 4.98 Å². The molecule has 0 aliphatic carbocycles. The third kappa shape index (κ3) is 8.77. The van der Waals surface area contributed by atoms with Gasteiger partial charge in [0.1, 0.15) is 5.82 Å². The van der Waals surface area contributed by atoms with Crippen LogP contribution in [0.25, 0.3) is 55.6 Å². The quantitative estimate of drug-likeness (QED) is 0.134. The second-order valence-electron chi connectivity index (χ2n) is 19.4. The molecule has 0 bridgehead atoms. The molecule has 5 nitrogen and oxygen atoms in total. The summed E-state index contributed by atoms with van der Waals surface area (Å²) in [6.07, 6.45) is 1.81. The number of nitrogens with zero attached hydrogens (tertiary/aromatic N) is 5. The number of hydrogen-bond donors (Lipinski definition) is 0. The molecule has 76 heavy (non-hydrogen) atoms. The Hall–Kier alpha value is -8.76. The van der Waals surface area contributed by atoms with Crippen molar-refractivity contribution in [3.05, 3.63) is 279 Å². The second kappa shape index (κ2) is 20.2. The zero-order valence-corrected chi connectivity index (χ0v) is 43.9. The number of fused-ring (bicyclic) bond motifs is 6. The summed E-state index contributed by atoms with van der Waals surface area (Å²) in [4.78, 5) is 13.1. The summed E-state index contributed by atoms with van der Waals surface area (Å²) in [6, 6.07) is 64.7. The zero-order chi connectivity index (χ0) is 59.2. The van der Waals surface area contributed by atoms with Crippen molar-refractivity contribution < 1.29 is 34.8 Å². The van der Waals surface area contributed by atoms with E-state index >= 15 is 0 Å². The van der Waals surface area contributed by atoms with Crippen molar-refractivity contribution in [1.82, 2.24) is 4.98 Å². The van der Waals surface area contributed by atoms with Crippen LogP contribution in [-0.2, 0) is 26.5 Å². The topological polar surface area (TPSA) is 25.9 Å². The molecular formula is C70H52N5Pt-3. The predicted molar refractivity (Wildman–Crippen MR) is 312 cm³/mol. The maximum Gasteiger partial charge on any atom is 0.135 e. The molecule has 11 aromatic rings. The molecule has 3 heterocycles. The molecule has 10 aromatic carbocycles. The van der Waals surface area contributed by atoms with Gasteiger partial charge < -0.3 is 19.6 Å². The van der Waals surface area contributed by atoms with Crippen LogP contribution in [0.4, 0.5) is 57.0 Å². The molecule has 0 saturated heterocycles. The van der Waals surface area contributed by atoms with Crippen LogP contribution < -0.4 is 19.6 Å². The van der Waals surface area contributed by atoms with Crippen LogP contribution in [0.3, 0.4) is 0 Å². The van der Waals surface area contributed by atoms with Crippen LogP contribution in [0.5, 0.6) is 0 Å². The Morgan fingerprint density at radius 1 is 0.474 bits per heavy atom. The van der Waals surface area contributed by atoms with Crippen molar-refractivity contribution in [3.63, 3.8) is 0 Å². The van der Waals surface area contributed by atoms with Gasteiger partial charge in [-0.15, -0.1) is 53.8 Å². The van der Waals surface area contributed by atoms with E-state index in [1.54, 1.807) is 23.1 Å². The number of anilines is 10. The molecule has 0 N–H and O–H groups in total. The maximum absolute atomic E-state index is 9.25. The van der Waals surface area contributed by atoms with Crippen LogP contribution in [0.15, 0.2) is 255 Å². The van der Waals surface area contributed by atoms with E-state index in [9.17, 15) is 5.48 Å². The summed E-state index contributed by atoms with van der Waals surface area (Å²) < 4.78 is 89.1. The van der Waals surface area contributed by atoms with Gasteiger partial charge in [0.25, 0.3) is 0 Å².